The minimum Gasteiger partial charge on any atom is -0.368 e. The van der Waals surface area contributed by atoms with Crippen molar-refractivity contribution < 1.29 is 9.53 Å². The second-order valence-corrected chi connectivity index (χ2v) is 7.21. The Hall–Kier alpha value is -1.39. The molecule has 1 heterocycles. The molecule has 22 heavy (non-hydrogen) atoms. The van der Waals surface area contributed by atoms with Gasteiger partial charge in [-0.1, -0.05) is 12.1 Å². The van der Waals surface area contributed by atoms with Crippen LogP contribution in [0.5, 0.6) is 0 Å². The van der Waals surface area contributed by atoms with E-state index in [9.17, 15) is 4.79 Å². The molecule has 2 N–H and O–H groups in total. The Morgan fingerprint density at radius 3 is 2.64 bits per heavy atom. The fourth-order valence-electron chi connectivity index (χ4n) is 3.28. The number of ether oxygens (including phenoxy) is 1. The van der Waals surface area contributed by atoms with E-state index in [1.165, 1.54) is 5.56 Å². The van der Waals surface area contributed by atoms with Gasteiger partial charge >= 0.3 is 0 Å². The number of nitrogens with one attached hydrogen (secondary N) is 2. The number of hydrogen-bond acceptors (Lipinski definition) is 3. The summed E-state index contributed by atoms with van der Waals surface area (Å²) in [5.41, 5.74) is 1.67. The molecular formula is C18H28N2O2. The molecule has 0 aliphatic carbocycles. The van der Waals surface area contributed by atoms with E-state index in [1.807, 2.05) is 18.2 Å². The lowest BCUT2D eigenvalue weighted by Gasteiger charge is -2.28. The first-order valence-electron chi connectivity index (χ1n) is 7.98. The van der Waals surface area contributed by atoms with Crippen LogP contribution in [0.25, 0.3) is 0 Å². The molecular weight excluding hydrogens is 276 g/mol. The normalized spacial score (nSPS) is 22.5. The Bertz CT molecular complexity index is 538. The molecule has 0 saturated carbocycles. The van der Waals surface area contributed by atoms with E-state index in [4.69, 9.17) is 4.74 Å². The molecule has 0 bridgehead atoms. The molecule has 0 spiro atoms. The average Bonchev–Trinajstić information content (AvgIpc) is 2.65. The van der Waals surface area contributed by atoms with Crippen molar-refractivity contribution in [3.8, 4) is 0 Å². The fraction of sp³-hybridized carbons (Fsp3) is 0.611. The Balaban J connectivity index is 1.90. The number of rotatable bonds is 5. The van der Waals surface area contributed by atoms with Gasteiger partial charge in [-0.15, -0.1) is 0 Å². The minimum atomic E-state index is -0.145. The van der Waals surface area contributed by atoms with Crippen LogP contribution in [0, 0.1) is 0 Å². The van der Waals surface area contributed by atoms with Gasteiger partial charge in [0.1, 0.15) is 0 Å². The van der Waals surface area contributed by atoms with E-state index in [0.717, 1.165) is 19.4 Å². The third kappa shape index (κ3) is 4.08. The Morgan fingerprint density at radius 1 is 1.32 bits per heavy atom. The third-order valence-corrected chi connectivity index (χ3v) is 4.29. The van der Waals surface area contributed by atoms with Gasteiger partial charge in [0.15, 0.2) is 0 Å². The number of carbonyl (C=O) groups excluding carboxylic acids is 1. The lowest BCUT2D eigenvalue weighted by Crippen LogP contribution is -2.44. The Morgan fingerprint density at radius 2 is 2.05 bits per heavy atom. The number of amides is 1. The van der Waals surface area contributed by atoms with Crippen molar-refractivity contribution in [1.29, 1.82) is 0 Å². The van der Waals surface area contributed by atoms with Gasteiger partial charge < -0.3 is 15.4 Å². The molecule has 0 aromatic heterocycles. The van der Waals surface area contributed by atoms with Crippen LogP contribution in [-0.2, 0) is 11.2 Å². The molecule has 0 radical (unpaired) electrons. The minimum absolute atomic E-state index is 0.0399. The van der Waals surface area contributed by atoms with Gasteiger partial charge in [-0.2, -0.15) is 0 Å². The van der Waals surface area contributed by atoms with Crippen molar-refractivity contribution >= 4 is 5.91 Å². The van der Waals surface area contributed by atoms with Crippen molar-refractivity contribution in [2.75, 3.05) is 13.6 Å². The van der Waals surface area contributed by atoms with Crippen LogP contribution in [0.4, 0.5) is 0 Å². The molecule has 4 heteroatoms. The lowest BCUT2D eigenvalue weighted by molar-refractivity contribution is -0.0697. The predicted molar refractivity (Wildman–Crippen MR) is 89.2 cm³/mol. The second kappa shape index (κ2) is 6.39. The van der Waals surface area contributed by atoms with Crippen LogP contribution < -0.4 is 10.6 Å². The summed E-state index contributed by atoms with van der Waals surface area (Å²) in [5.74, 6) is -0.0399. The van der Waals surface area contributed by atoms with E-state index >= 15 is 0 Å². The van der Waals surface area contributed by atoms with Gasteiger partial charge in [0, 0.05) is 18.7 Å². The smallest absolute Gasteiger partial charge is 0.251 e. The standard InChI is InChI=1S/C18H28N2O2/c1-17(2)12-15(18(3,4)22-17)20-10-9-13-7-6-8-14(11-13)16(21)19-5/h6-8,11,15,20H,9-10,12H2,1-5H3,(H,19,21)/t15-/m1/s1. The van der Waals surface area contributed by atoms with Crippen molar-refractivity contribution in [3.63, 3.8) is 0 Å². The summed E-state index contributed by atoms with van der Waals surface area (Å²) in [6, 6.07) is 8.15. The van der Waals surface area contributed by atoms with Crippen LogP contribution in [0.1, 0.15) is 50.0 Å². The van der Waals surface area contributed by atoms with Gasteiger partial charge in [-0.3, -0.25) is 4.79 Å². The molecule has 122 valence electrons. The molecule has 4 nitrogen and oxygen atoms in total. The highest BCUT2D eigenvalue weighted by Crippen LogP contribution is 2.37. The summed E-state index contributed by atoms with van der Waals surface area (Å²) < 4.78 is 6.10. The van der Waals surface area contributed by atoms with Gasteiger partial charge in [0.2, 0.25) is 0 Å². The Labute approximate surface area is 133 Å². The molecule has 1 aromatic carbocycles. The zero-order chi connectivity index (χ0) is 16.4. The highest BCUT2D eigenvalue weighted by atomic mass is 16.5. The van der Waals surface area contributed by atoms with Gasteiger partial charge in [0.05, 0.1) is 11.2 Å². The van der Waals surface area contributed by atoms with Crippen molar-refractivity contribution in [1.82, 2.24) is 10.6 Å². The maximum Gasteiger partial charge on any atom is 0.251 e. The molecule has 1 fully saturated rings. The number of hydrogen-bond donors (Lipinski definition) is 2. The summed E-state index contributed by atoms with van der Waals surface area (Å²) in [5, 5.41) is 6.27. The Kier molecular flexibility index (Phi) is 4.93. The molecule has 0 unspecified atom stereocenters. The molecule has 1 aliphatic rings. The summed E-state index contributed by atoms with van der Waals surface area (Å²) >= 11 is 0. The van der Waals surface area contributed by atoms with E-state index in [1.54, 1.807) is 7.05 Å². The van der Waals surface area contributed by atoms with Crippen molar-refractivity contribution in [2.24, 2.45) is 0 Å². The largest absolute Gasteiger partial charge is 0.368 e. The third-order valence-electron chi connectivity index (χ3n) is 4.29. The fourth-order valence-corrected chi connectivity index (χ4v) is 3.28. The highest BCUT2D eigenvalue weighted by molar-refractivity contribution is 5.94. The summed E-state index contributed by atoms with van der Waals surface area (Å²) in [4.78, 5) is 11.7. The molecule has 2 rings (SSSR count). The summed E-state index contributed by atoms with van der Waals surface area (Å²) in [6.45, 7) is 9.45. The SMILES string of the molecule is CNC(=O)c1cccc(CCN[C@@H]2CC(C)(C)OC2(C)C)c1. The molecule has 1 amide bonds. The number of benzene rings is 1. The maximum absolute atomic E-state index is 11.7. The first-order chi connectivity index (χ1) is 10.2. The van der Waals surface area contributed by atoms with Crippen molar-refractivity contribution in [3.05, 3.63) is 35.4 Å². The summed E-state index contributed by atoms with van der Waals surface area (Å²) in [7, 11) is 1.65. The molecule has 1 atom stereocenters. The van der Waals surface area contributed by atoms with Crippen LogP contribution in [-0.4, -0.2) is 36.7 Å². The van der Waals surface area contributed by atoms with E-state index < -0.39 is 0 Å². The first kappa shape index (κ1) is 17.0. The highest BCUT2D eigenvalue weighted by Gasteiger charge is 2.45. The molecule has 1 aromatic rings. The van der Waals surface area contributed by atoms with E-state index in [0.29, 0.717) is 11.6 Å². The van der Waals surface area contributed by atoms with Gasteiger partial charge in [-0.05, 0) is 64.8 Å². The van der Waals surface area contributed by atoms with Crippen LogP contribution in [0.15, 0.2) is 24.3 Å². The average molecular weight is 304 g/mol. The quantitative estimate of drug-likeness (QED) is 0.879. The van der Waals surface area contributed by atoms with Crippen LogP contribution >= 0.6 is 0 Å². The monoisotopic (exact) mass is 304 g/mol. The summed E-state index contributed by atoms with van der Waals surface area (Å²) in [6.07, 6.45) is 1.91. The van der Waals surface area contributed by atoms with E-state index in [-0.39, 0.29) is 17.1 Å². The van der Waals surface area contributed by atoms with Gasteiger partial charge in [0.25, 0.3) is 5.91 Å². The maximum atomic E-state index is 11.7. The zero-order valence-corrected chi connectivity index (χ0v) is 14.3. The van der Waals surface area contributed by atoms with E-state index in [2.05, 4.69) is 44.4 Å². The first-order valence-corrected chi connectivity index (χ1v) is 7.98. The zero-order valence-electron chi connectivity index (χ0n) is 14.3. The van der Waals surface area contributed by atoms with Crippen molar-refractivity contribution in [2.45, 2.75) is 57.8 Å². The number of carbonyl (C=O) groups is 1. The topological polar surface area (TPSA) is 50.4 Å². The second-order valence-electron chi connectivity index (χ2n) is 7.21. The van der Waals surface area contributed by atoms with Crippen LogP contribution in [0.3, 0.4) is 0 Å². The predicted octanol–water partition coefficient (Wildman–Crippen LogP) is 2.52. The lowest BCUT2D eigenvalue weighted by atomic mass is 9.94. The molecule has 1 aliphatic heterocycles. The van der Waals surface area contributed by atoms with Gasteiger partial charge in [-0.25, -0.2) is 0 Å². The van der Waals surface area contributed by atoms with Crippen LogP contribution in [0.2, 0.25) is 0 Å². The molecule has 1 saturated heterocycles.